The first-order valence-corrected chi connectivity index (χ1v) is 8.66. The van der Waals surface area contributed by atoms with Gasteiger partial charge in [-0.15, -0.1) is 0 Å². The average molecular weight is 337 g/mol. The molecule has 4 heteroatoms. The number of likely N-dealkylation sites (tertiary alicyclic amines) is 1. The van der Waals surface area contributed by atoms with E-state index in [9.17, 15) is 14.7 Å². The maximum Gasteiger partial charge on any atom is 0.253 e. The minimum Gasteiger partial charge on any atom is -0.507 e. The first kappa shape index (κ1) is 17.2. The predicted molar refractivity (Wildman–Crippen MR) is 97.0 cm³/mol. The molecule has 0 spiro atoms. The van der Waals surface area contributed by atoms with Crippen molar-refractivity contribution in [1.82, 2.24) is 4.90 Å². The highest BCUT2D eigenvalue weighted by molar-refractivity contribution is 6.01. The molecule has 0 aliphatic carbocycles. The zero-order valence-electron chi connectivity index (χ0n) is 14.7. The quantitative estimate of drug-likeness (QED) is 0.868. The van der Waals surface area contributed by atoms with E-state index in [1.807, 2.05) is 44.2 Å². The van der Waals surface area contributed by atoms with Crippen LogP contribution in [0.2, 0.25) is 0 Å². The van der Waals surface area contributed by atoms with Gasteiger partial charge >= 0.3 is 0 Å². The molecule has 0 saturated carbocycles. The molecule has 130 valence electrons. The number of phenols is 1. The van der Waals surface area contributed by atoms with Crippen molar-refractivity contribution in [3.63, 3.8) is 0 Å². The van der Waals surface area contributed by atoms with Gasteiger partial charge in [-0.05, 0) is 62.1 Å². The predicted octanol–water partition coefficient (Wildman–Crippen LogP) is 3.74. The third-order valence-corrected chi connectivity index (χ3v) is 5.05. The fourth-order valence-electron chi connectivity index (χ4n) is 3.33. The van der Waals surface area contributed by atoms with Gasteiger partial charge in [0, 0.05) is 24.6 Å². The molecule has 3 rings (SSSR count). The van der Waals surface area contributed by atoms with Crippen LogP contribution in [-0.2, 0) is 0 Å². The van der Waals surface area contributed by atoms with E-state index in [1.54, 1.807) is 17.0 Å². The molecule has 0 unspecified atom stereocenters. The summed E-state index contributed by atoms with van der Waals surface area (Å²) in [7, 11) is 0. The highest BCUT2D eigenvalue weighted by atomic mass is 16.3. The molecule has 0 radical (unpaired) electrons. The summed E-state index contributed by atoms with van der Waals surface area (Å²) in [6.45, 7) is 4.98. The molecule has 25 heavy (non-hydrogen) atoms. The van der Waals surface area contributed by atoms with Crippen LogP contribution in [0.1, 0.15) is 44.7 Å². The lowest BCUT2D eigenvalue weighted by molar-refractivity contribution is 0.0649. The number of hydrogen-bond acceptors (Lipinski definition) is 3. The molecule has 4 nitrogen and oxygen atoms in total. The summed E-state index contributed by atoms with van der Waals surface area (Å²) < 4.78 is 0. The average Bonchev–Trinajstić information content (AvgIpc) is 2.64. The van der Waals surface area contributed by atoms with E-state index in [0.29, 0.717) is 37.1 Å². The van der Waals surface area contributed by atoms with Crippen LogP contribution in [0.4, 0.5) is 0 Å². The second kappa shape index (κ2) is 7.09. The summed E-state index contributed by atoms with van der Waals surface area (Å²) in [6, 6.07) is 12.6. The van der Waals surface area contributed by atoms with Gasteiger partial charge < -0.3 is 10.0 Å². The molecule has 1 amide bonds. The van der Waals surface area contributed by atoms with E-state index in [-0.39, 0.29) is 23.4 Å². The third kappa shape index (κ3) is 3.58. The van der Waals surface area contributed by atoms with Crippen LogP contribution in [0, 0.1) is 19.8 Å². The Morgan fingerprint density at radius 2 is 1.60 bits per heavy atom. The van der Waals surface area contributed by atoms with Crippen molar-refractivity contribution in [3.8, 4) is 5.75 Å². The first-order valence-electron chi connectivity index (χ1n) is 8.66. The summed E-state index contributed by atoms with van der Waals surface area (Å²) in [5.41, 5.74) is 3.05. The molecule has 1 aliphatic rings. The van der Waals surface area contributed by atoms with Gasteiger partial charge in [0.05, 0.1) is 5.56 Å². The summed E-state index contributed by atoms with van der Waals surface area (Å²) in [4.78, 5) is 27.1. The number of rotatable bonds is 3. The van der Waals surface area contributed by atoms with Crippen LogP contribution in [0.15, 0.2) is 42.5 Å². The summed E-state index contributed by atoms with van der Waals surface area (Å²) in [5.74, 6) is -0.100. The molecule has 2 aromatic carbocycles. The second-order valence-electron chi connectivity index (χ2n) is 6.75. The van der Waals surface area contributed by atoms with E-state index >= 15 is 0 Å². The molecule has 1 aliphatic heterocycles. The molecular formula is C21H23NO3. The van der Waals surface area contributed by atoms with Crippen molar-refractivity contribution in [2.24, 2.45) is 5.92 Å². The largest absolute Gasteiger partial charge is 0.507 e. The molecule has 0 bridgehead atoms. The smallest absolute Gasteiger partial charge is 0.253 e. The number of benzene rings is 2. The Labute approximate surface area is 148 Å². The highest BCUT2D eigenvalue weighted by Crippen LogP contribution is 2.29. The molecular weight excluding hydrogens is 314 g/mol. The lowest BCUT2D eigenvalue weighted by Gasteiger charge is -2.31. The number of nitrogens with zero attached hydrogens (tertiary/aromatic N) is 1. The maximum atomic E-state index is 12.8. The molecule has 1 heterocycles. The van der Waals surface area contributed by atoms with Crippen molar-refractivity contribution < 1.29 is 14.7 Å². The number of amides is 1. The fraction of sp³-hybridized carbons (Fsp3) is 0.333. The summed E-state index contributed by atoms with van der Waals surface area (Å²) in [5, 5.41) is 10.1. The zero-order chi connectivity index (χ0) is 18.0. The van der Waals surface area contributed by atoms with Crippen LogP contribution in [0.5, 0.6) is 5.75 Å². The SMILES string of the molecule is Cc1cc(O)c(C(=O)C2CCN(C(=O)c3ccccc3)CC2)cc1C. The maximum absolute atomic E-state index is 12.8. The minimum absolute atomic E-state index is 0.0144. The van der Waals surface area contributed by atoms with Crippen molar-refractivity contribution >= 4 is 11.7 Å². The second-order valence-corrected chi connectivity index (χ2v) is 6.75. The van der Waals surface area contributed by atoms with Gasteiger partial charge in [0.25, 0.3) is 5.91 Å². The fourth-order valence-corrected chi connectivity index (χ4v) is 3.33. The van der Waals surface area contributed by atoms with Crippen molar-refractivity contribution in [2.45, 2.75) is 26.7 Å². The Hall–Kier alpha value is -2.62. The first-order chi connectivity index (χ1) is 12.0. The van der Waals surface area contributed by atoms with Gasteiger partial charge in [0.15, 0.2) is 5.78 Å². The Bertz CT molecular complexity index is 790. The monoisotopic (exact) mass is 337 g/mol. The molecule has 0 aromatic heterocycles. The van der Waals surface area contributed by atoms with E-state index in [2.05, 4.69) is 0 Å². The molecule has 1 saturated heterocycles. The standard InChI is InChI=1S/C21H23NO3/c1-14-12-18(19(23)13-15(14)2)20(24)16-8-10-22(11-9-16)21(25)17-6-4-3-5-7-17/h3-7,12-13,16,23H,8-11H2,1-2H3. The van der Waals surface area contributed by atoms with E-state index in [1.165, 1.54) is 0 Å². The zero-order valence-corrected chi connectivity index (χ0v) is 14.7. The minimum atomic E-state index is -0.146. The number of aryl methyl sites for hydroxylation is 2. The van der Waals surface area contributed by atoms with Crippen LogP contribution in [0.25, 0.3) is 0 Å². The Balaban J connectivity index is 1.67. The number of ketones is 1. The van der Waals surface area contributed by atoms with Gasteiger partial charge in [0.2, 0.25) is 0 Å². The number of aromatic hydroxyl groups is 1. The lowest BCUT2D eigenvalue weighted by Crippen LogP contribution is -2.40. The highest BCUT2D eigenvalue weighted by Gasteiger charge is 2.29. The number of phenolic OH excluding ortho intramolecular Hbond substituents is 1. The Morgan fingerprint density at radius 3 is 2.24 bits per heavy atom. The van der Waals surface area contributed by atoms with Gasteiger partial charge in [-0.3, -0.25) is 9.59 Å². The number of Topliss-reactive ketones (excluding diaryl/α,β-unsaturated/α-hetero) is 1. The van der Waals surface area contributed by atoms with E-state index in [4.69, 9.17) is 0 Å². The van der Waals surface area contributed by atoms with Crippen molar-refractivity contribution in [1.29, 1.82) is 0 Å². The lowest BCUT2D eigenvalue weighted by atomic mass is 9.87. The van der Waals surface area contributed by atoms with Crippen LogP contribution in [0.3, 0.4) is 0 Å². The normalized spacial score (nSPS) is 15.2. The van der Waals surface area contributed by atoms with Gasteiger partial charge in [-0.1, -0.05) is 18.2 Å². The number of carbonyl (C=O) groups is 2. The topological polar surface area (TPSA) is 57.6 Å². The van der Waals surface area contributed by atoms with Crippen LogP contribution >= 0.6 is 0 Å². The molecule has 2 aromatic rings. The Morgan fingerprint density at radius 1 is 1.00 bits per heavy atom. The van der Waals surface area contributed by atoms with Crippen LogP contribution < -0.4 is 0 Å². The molecule has 1 N–H and O–H groups in total. The Kier molecular flexibility index (Phi) is 4.88. The molecule has 1 fully saturated rings. The number of piperidine rings is 1. The molecule has 0 atom stereocenters. The van der Waals surface area contributed by atoms with Gasteiger partial charge in [0.1, 0.15) is 5.75 Å². The van der Waals surface area contributed by atoms with Gasteiger partial charge in [-0.25, -0.2) is 0 Å². The third-order valence-electron chi connectivity index (χ3n) is 5.05. The summed E-state index contributed by atoms with van der Waals surface area (Å²) in [6.07, 6.45) is 1.26. The number of hydrogen-bond donors (Lipinski definition) is 1. The van der Waals surface area contributed by atoms with Crippen LogP contribution in [-0.4, -0.2) is 34.8 Å². The van der Waals surface area contributed by atoms with Crippen molar-refractivity contribution in [3.05, 3.63) is 64.7 Å². The summed E-state index contributed by atoms with van der Waals surface area (Å²) >= 11 is 0. The van der Waals surface area contributed by atoms with Crippen molar-refractivity contribution in [2.75, 3.05) is 13.1 Å². The van der Waals surface area contributed by atoms with E-state index in [0.717, 1.165) is 11.1 Å². The van der Waals surface area contributed by atoms with Gasteiger partial charge in [-0.2, -0.15) is 0 Å². The number of carbonyl (C=O) groups excluding carboxylic acids is 2. The van der Waals surface area contributed by atoms with E-state index < -0.39 is 0 Å².